The van der Waals surface area contributed by atoms with Crippen molar-refractivity contribution in [1.82, 2.24) is 0 Å². The number of hydrogen-bond donors (Lipinski definition) is 3. The van der Waals surface area contributed by atoms with E-state index in [-0.39, 0.29) is 29.8 Å². The van der Waals surface area contributed by atoms with Gasteiger partial charge in [0.1, 0.15) is 5.78 Å². The number of allylic oxidation sites excluding steroid dienone is 2. The van der Waals surface area contributed by atoms with Crippen molar-refractivity contribution in [3.8, 4) is 0 Å². The first-order valence-corrected chi connectivity index (χ1v) is 12.4. The minimum absolute atomic E-state index is 0.0643. The van der Waals surface area contributed by atoms with Gasteiger partial charge < -0.3 is 15.3 Å². The molecule has 1 aliphatic rings. The van der Waals surface area contributed by atoms with Crippen molar-refractivity contribution in [3.63, 3.8) is 0 Å². The first kappa shape index (κ1) is 25.6. The highest BCUT2D eigenvalue weighted by molar-refractivity contribution is 8.00. The van der Waals surface area contributed by atoms with Gasteiger partial charge in [0.05, 0.1) is 11.7 Å². The first-order chi connectivity index (χ1) is 14.9. The molecule has 1 aliphatic carbocycles. The van der Waals surface area contributed by atoms with E-state index in [0.717, 1.165) is 24.8 Å². The Bertz CT molecular complexity index is 720. The van der Waals surface area contributed by atoms with Crippen LogP contribution in [0.3, 0.4) is 0 Å². The van der Waals surface area contributed by atoms with E-state index in [1.165, 1.54) is 11.8 Å². The third-order valence-electron chi connectivity index (χ3n) is 5.94. The van der Waals surface area contributed by atoms with Crippen LogP contribution in [0.5, 0.6) is 0 Å². The second-order valence-corrected chi connectivity index (χ2v) is 9.63. The highest BCUT2D eigenvalue weighted by Crippen LogP contribution is 2.40. The van der Waals surface area contributed by atoms with E-state index in [2.05, 4.69) is 6.92 Å². The Labute approximate surface area is 189 Å². The minimum atomic E-state index is -0.982. The predicted molar refractivity (Wildman–Crippen MR) is 125 cm³/mol. The van der Waals surface area contributed by atoms with Crippen LogP contribution in [-0.2, 0) is 15.2 Å². The zero-order valence-electron chi connectivity index (χ0n) is 18.4. The Hall–Kier alpha value is -1.63. The summed E-state index contributed by atoms with van der Waals surface area (Å²) in [6.45, 7) is 2.14. The van der Waals surface area contributed by atoms with Crippen LogP contribution in [0.1, 0.15) is 70.3 Å². The molecule has 0 radical (unpaired) electrons. The fourth-order valence-electron chi connectivity index (χ4n) is 4.10. The van der Waals surface area contributed by atoms with Crippen molar-refractivity contribution in [2.45, 2.75) is 81.7 Å². The van der Waals surface area contributed by atoms with Gasteiger partial charge in [-0.25, -0.2) is 0 Å². The number of carboxylic acid groups (broad SMARTS) is 1. The molecule has 6 heteroatoms. The van der Waals surface area contributed by atoms with Crippen LogP contribution >= 0.6 is 11.8 Å². The molecular formula is C25H36O5S. The van der Waals surface area contributed by atoms with E-state index < -0.39 is 17.7 Å². The summed E-state index contributed by atoms with van der Waals surface area (Å²) in [5.74, 6) is -0.571. The molecule has 1 fully saturated rings. The van der Waals surface area contributed by atoms with E-state index in [1.54, 1.807) is 0 Å². The molecule has 1 aromatic rings. The monoisotopic (exact) mass is 448 g/mol. The maximum Gasteiger partial charge on any atom is 0.303 e. The zero-order valence-corrected chi connectivity index (χ0v) is 19.2. The predicted octanol–water partition coefficient (Wildman–Crippen LogP) is 4.71. The Morgan fingerprint density at radius 1 is 1.19 bits per heavy atom. The summed E-state index contributed by atoms with van der Waals surface area (Å²) in [7, 11) is 0. The Kier molecular flexibility index (Phi) is 10.8. The lowest BCUT2D eigenvalue weighted by atomic mass is 9.90. The zero-order chi connectivity index (χ0) is 22.7. The number of ketones is 1. The number of carboxylic acids is 1. The number of Topliss-reactive ketones (excluding diaryl/α,β-unsaturated/α-hetero) is 1. The average molecular weight is 449 g/mol. The molecule has 2 unspecified atom stereocenters. The van der Waals surface area contributed by atoms with Gasteiger partial charge in [0.15, 0.2) is 0 Å². The molecule has 0 spiro atoms. The largest absolute Gasteiger partial charge is 0.481 e. The first-order valence-electron chi connectivity index (χ1n) is 11.3. The number of carbonyl (C=O) groups is 2. The Morgan fingerprint density at radius 3 is 2.61 bits per heavy atom. The van der Waals surface area contributed by atoms with Gasteiger partial charge in [0, 0.05) is 29.8 Å². The summed E-state index contributed by atoms with van der Waals surface area (Å²) in [6.07, 6.45) is 8.96. The number of aliphatic hydroxyl groups excluding tert-OH is 1. The van der Waals surface area contributed by atoms with Crippen LogP contribution in [0.2, 0.25) is 0 Å². The van der Waals surface area contributed by atoms with Gasteiger partial charge in [-0.1, -0.05) is 68.7 Å². The summed E-state index contributed by atoms with van der Waals surface area (Å²) in [5.41, 5.74) is -0.101. The highest BCUT2D eigenvalue weighted by atomic mass is 32.2. The number of thioether (sulfide) groups is 1. The van der Waals surface area contributed by atoms with Crippen LogP contribution in [0.4, 0.5) is 0 Å². The molecule has 172 valence electrons. The van der Waals surface area contributed by atoms with E-state index in [4.69, 9.17) is 5.11 Å². The molecule has 31 heavy (non-hydrogen) atoms. The van der Waals surface area contributed by atoms with E-state index in [1.807, 2.05) is 42.5 Å². The van der Waals surface area contributed by atoms with Crippen molar-refractivity contribution >= 4 is 23.5 Å². The molecule has 1 saturated carbocycles. The summed E-state index contributed by atoms with van der Waals surface area (Å²) in [4.78, 5) is 23.0. The molecule has 0 saturated heterocycles. The van der Waals surface area contributed by atoms with Gasteiger partial charge >= 0.3 is 5.97 Å². The normalized spacial score (nSPS) is 23.3. The highest BCUT2D eigenvalue weighted by Gasteiger charge is 2.42. The SMILES string of the molecule is CCCCCC(O)(CS[C@H]1C(O)CC(=O)[C@@H]1CC=CCCCC(=O)O)c1ccccc1. The molecule has 4 atom stereocenters. The molecular weight excluding hydrogens is 412 g/mol. The minimum Gasteiger partial charge on any atom is -0.481 e. The van der Waals surface area contributed by atoms with Gasteiger partial charge in [0.2, 0.25) is 0 Å². The third-order valence-corrected chi connectivity index (χ3v) is 7.61. The lowest BCUT2D eigenvalue weighted by Crippen LogP contribution is -2.32. The molecule has 0 bridgehead atoms. The summed E-state index contributed by atoms with van der Waals surface area (Å²) in [6, 6.07) is 9.68. The molecule has 0 aromatic heterocycles. The molecule has 3 N–H and O–H groups in total. The number of unbranched alkanes of at least 4 members (excludes halogenated alkanes) is 3. The van der Waals surface area contributed by atoms with Crippen molar-refractivity contribution in [2.24, 2.45) is 5.92 Å². The lowest BCUT2D eigenvalue weighted by molar-refractivity contribution is -0.137. The number of benzene rings is 1. The maximum atomic E-state index is 12.5. The molecule has 0 amide bonds. The second-order valence-electron chi connectivity index (χ2n) is 8.47. The van der Waals surface area contributed by atoms with Gasteiger partial charge in [-0.3, -0.25) is 9.59 Å². The molecule has 5 nitrogen and oxygen atoms in total. The molecule has 0 aliphatic heterocycles. The molecule has 2 rings (SSSR count). The maximum absolute atomic E-state index is 12.5. The van der Waals surface area contributed by atoms with E-state index >= 15 is 0 Å². The molecule has 1 aromatic carbocycles. The standard InChI is InChI=1S/C25H36O5S/c1-2-3-11-16-25(30,19-12-7-6-8-13-19)18-31-24-20(21(26)17-22(24)27)14-9-4-5-10-15-23(28)29/h4,6-9,12-13,20,22,24,27,30H,2-3,5,10-11,14-18H2,1H3,(H,28,29)/t20-,22?,24+,25?/m0/s1. The van der Waals surface area contributed by atoms with Crippen LogP contribution in [-0.4, -0.2) is 44.2 Å². The summed E-state index contributed by atoms with van der Waals surface area (Å²) >= 11 is 1.50. The fraction of sp³-hybridized carbons (Fsp3) is 0.600. The Balaban J connectivity index is 2.00. The number of carbonyl (C=O) groups excluding carboxylic acids is 1. The number of hydrogen-bond acceptors (Lipinski definition) is 5. The van der Waals surface area contributed by atoms with E-state index in [0.29, 0.717) is 31.4 Å². The smallest absolute Gasteiger partial charge is 0.303 e. The van der Waals surface area contributed by atoms with Crippen molar-refractivity contribution in [3.05, 3.63) is 48.0 Å². The number of aliphatic carboxylic acids is 1. The molecule has 0 heterocycles. The van der Waals surface area contributed by atoms with Crippen molar-refractivity contribution in [1.29, 1.82) is 0 Å². The lowest BCUT2D eigenvalue weighted by Gasteiger charge is -2.31. The van der Waals surface area contributed by atoms with Gasteiger partial charge in [-0.2, -0.15) is 11.8 Å². The summed E-state index contributed by atoms with van der Waals surface area (Å²) in [5, 5.41) is 30.4. The van der Waals surface area contributed by atoms with E-state index in [9.17, 15) is 19.8 Å². The van der Waals surface area contributed by atoms with Gasteiger partial charge in [-0.15, -0.1) is 0 Å². The van der Waals surface area contributed by atoms with Crippen molar-refractivity contribution < 1.29 is 24.9 Å². The second kappa shape index (κ2) is 13.0. The van der Waals surface area contributed by atoms with Crippen molar-refractivity contribution in [2.75, 3.05) is 5.75 Å². The third kappa shape index (κ3) is 8.09. The topological polar surface area (TPSA) is 94.8 Å². The van der Waals surface area contributed by atoms with Crippen LogP contribution in [0.15, 0.2) is 42.5 Å². The van der Waals surface area contributed by atoms with Crippen LogP contribution in [0.25, 0.3) is 0 Å². The number of aliphatic hydroxyl groups is 2. The van der Waals surface area contributed by atoms with Gasteiger partial charge in [0.25, 0.3) is 0 Å². The fourth-order valence-corrected chi connectivity index (χ4v) is 5.69. The average Bonchev–Trinajstić information content (AvgIpc) is 3.02. The number of rotatable bonds is 14. The quantitative estimate of drug-likeness (QED) is 0.282. The van der Waals surface area contributed by atoms with Gasteiger partial charge in [-0.05, 0) is 31.2 Å². The summed E-state index contributed by atoms with van der Waals surface area (Å²) < 4.78 is 0. The Morgan fingerprint density at radius 2 is 1.94 bits per heavy atom. The van der Waals surface area contributed by atoms with Crippen LogP contribution < -0.4 is 0 Å². The van der Waals surface area contributed by atoms with Crippen LogP contribution in [0, 0.1) is 5.92 Å².